The van der Waals surface area contributed by atoms with Gasteiger partial charge in [-0.3, -0.25) is 14.9 Å². The van der Waals surface area contributed by atoms with Crippen LogP contribution in [0.3, 0.4) is 0 Å². The first kappa shape index (κ1) is 20.5. The number of thioether (sulfide) groups is 1. The highest BCUT2D eigenvalue weighted by molar-refractivity contribution is 7.99. The smallest absolute Gasteiger partial charge is 0.271 e. The van der Waals surface area contributed by atoms with Gasteiger partial charge < -0.3 is 22.1 Å². The number of nitrogens with one attached hydrogen (secondary N) is 2. The molecule has 0 saturated carbocycles. The molecule has 144 valence electrons. The molecule has 0 bridgehead atoms. The second-order valence-corrected chi connectivity index (χ2v) is 6.69. The zero-order chi connectivity index (χ0) is 19.8. The third-order valence-corrected chi connectivity index (χ3v) is 4.39. The maximum atomic E-state index is 11.8. The maximum Gasteiger partial charge on any atom is 0.271 e. The molecule has 27 heavy (non-hydrogen) atoms. The van der Waals surface area contributed by atoms with Crippen molar-refractivity contribution in [3.63, 3.8) is 0 Å². The monoisotopic (exact) mass is 411 g/mol. The summed E-state index contributed by atoms with van der Waals surface area (Å²) < 4.78 is 0. The van der Waals surface area contributed by atoms with Gasteiger partial charge in [-0.05, 0) is 12.5 Å². The first-order valence-electron chi connectivity index (χ1n) is 7.82. The summed E-state index contributed by atoms with van der Waals surface area (Å²) in [6.07, 6.45) is 0.644. The standard InChI is InChI=1S/C15H18ClN7O3S/c16-10-6-9(23(25)26)2-3-11(10)19-4-1-5-20-14(24)8-27-15-21-12(17)7-13(18)22-15/h2-3,6-7,19H,1,4-5,8H2,(H,20,24)(H4,17,18,21,22). The third kappa shape index (κ3) is 6.79. The minimum absolute atomic E-state index is 0.0683. The number of halogens is 1. The number of non-ortho nitro benzene ring substituents is 1. The van der Waals surface area contributed by atoms with Gasteiger partial charge in [-0.25, -0.2) is 9.97 Å². The van der Waals surface area contributed by atoms with E-state index in [-0.39, 0.29) is 34.0 Å². The second-order valence-electron chi connectivity index (χ2n) is 5.34. The van der Waals surface area contributed by atoms with Gasteiger partial charge in [-0.2, -0.15) is 0 Å². The summed E-state index contributed by atoms with van der Waals surface area (Å²) in [5, 5.41) is 17.1. The zero-order valence-electron chi connectivity index (χ0n) is 14.1. The Morgan fingerprint density at radius 2 is 1.93 bits per heavy atom. The predicted molar refractivity (Wildman–Crippen MR) is 106 cm³/mol. The lowest BCUT2D eigenvalue weighted by atomic mass is 10.2. The lowest BCUT2D eigenvalue weighted by molar-refractivity contribution is -0.384. The molecule has 0 fully saturated rings. The van der Waals surface area contributed by atoms with Crippen LogP contribution in [-0.2, 0) is 4.79 Å². The average molecular weight is 412 g/mol. The molecule has 0 unspecified atom stereocenters. The van der Waals surface area contributed by atoms with Crippen molar-refractivity contribution >= 4 is 52.3 Å². The molecule has 1 heterocycles. The number of amides is 1. The molecule has 2 rings (SSSR count). The maximum absolute atomic E-state index is 11.8. The number of carbonyl (C=O) groups excluding carboxylic acids is 1. The summed E-state index contributed by atoms with van der Waals surface area (Å²) in [6, 6.07) is 5.65. The molecule has 10 nitrogen and oxygen atoms in total. The average Bonchev–Trinajstić information content (AvgIpc) is 2.60. The van der Waals surface area contributed by atoms with Crippen LogP contribution in [-0.4, -0.2) is 39.6 Å². The molecule has 0 aliphatic heterocycles. The Bertz CT molecular complexity index is 817. The molecule has 0 spiro atoms. The highest BCUT2D eigenvalue weighted by atomic mass is 35.5. The molecular formula is C15H18ClN7O3S. The number of nitrogen functional groups attached to an aromatic ring is 2. The van der Waals surface area contributed by atoms with Crippen LogP contribution in [0.5, 0.6) is 0 Å². The molecule has 1 aromatic carbocycles. The summed E-state index contributed by atoms with van der Waals surface area (Å²) >= 11 is 7.13. The van der Waals surface area contributed by atoms with Gasteiger partial charge in [0.1, 0.15) is 11.6 Å². The van der Waals surface area contributed by atoms with Crippen molar-refractivity contribution in [1.29, 1.82) is 0 Å². The number of benzene rings is 1. The first-order valence-corrected chi connectivity index (χ1v) is 9.19. The molecule has 2 aromatic rings. The van der Waals surface area contributed by atoms with Gasteiger partial charge >= 0.3 is 0 Å². The lowest BCUT2D eigenvalue weighted by Crippen LogP contribution is -2.27. The largest absolute Gasteiger partial charge is 0.384 e. The van der Waals surface area contributed by atoms with Gasteiger partial charge in [0.15, 0.2) is 5.16 Å². The molecule has 1 aromatic heterocycles. The van der Waals surface area contributed by atoms with Crippen LogP contribution in [0.2, 0.25) is 5.02 Å². The lowest BCUT2D eigenvalue weighted by Gasteiger charge is -2.09. The zero-order valence-corrected chi connectivity index (χ0v) is 15.7. The fourth-order valence-electron chi connectivity index (χ4n) is 2.01. The van der Waals surface area contributed by atoms with E-state index in [4.69, 9.17) is 23.1 Å². The molecule has 0 radical (unpaired) electrons. The minimum atomic E-state index is -0.508. The van der Waals surface area contributed by atoms with E-state index in [1.54, 1.807) is 6.07 Å². The molecule has 6 N–H and O–H groups in total. The fourth-order valence-corrected chi connectivity index (χ4v) is 2.95. The summed E-state index contributed by atoms with van der Waals surface area (Å²) in [5.74, 6) is 0.477. The van der Waals surface area contributed by atoms with E-state index in [0.717, 1.165) is 11.8 Å². The van der Waals surface area contributed by atoms with Crippen LogP contribution in [0.4, 0.5) is 23.0 Å². The van der Waals surface area contributed by atoms with Gasteiger partial charge in [-0.15, -0.1) is 0 Å². The Morgan fingerprint density at radius 1 is 1.22 bits per heavy atom. The van der Waals surface area contributed by atoms with Crippen LogP contribution in [0.1, 0.15) is 6.42 Å². The number of hydrogen-bond acceptors (Lipinski definition) is 9. The van der Waals surface area contributed by atoms with Crippen molar-refractivity contribution in [3.05, 3.63) is 39.4 Å². The number of carbonyl (C=O) groups is 1. The van der Waals surface area contributed by atoms with Crippen molar-refractivity contribution in [3.8, 4) is 0 Å². The number of nitrogens with two attached hydrogens (primary N) is 2. The van der Waals surface area contributed by atoms with Crippen LogP contribution in [0, 0.1) is 10.1 Å². The molecule has 0 aliphatic rings. The van der Waals surface area contributed by atoms with E-state index in [1.807, 2.05) is 0 Å². The Balaban J connectivity index is 1.66. The number of aromatic nitrogens is 2. The van der Waals surface area contributed by atoms with Crippen molar-refractivity contribution in [1.82, 2.24) is 15.3 Å². The van der Waals surface area contributed by atoms with Crippen molar-refractivity contribution in [2.24, 2.45) is 0 Å². The number of hydrogen-bond donors (Lipinski definition) is 4. The number of nitro groups is 1. The SMILES string of the molecule is Nc1cc(N)nc(SCC(=O)NCCCNc2ccc([N+](=O)[O-])cc2Cl)n1. The Morgan fingerprint density at radius 3 is 2.56 bits per heavy atom. The van der Waals surface area contributed by atoms with Crippen LogP contribution >= 0.6 is 23.4 Å². The minimum Gasteiger partial charge on any atom is -0.384 e. The van der Waals surface area contributed by atoms with Crippen molar-refractivity contribution in [2.45, 2.75) is 11.6 Å². The van der Waals surface area contributed by atoms with E-state index in [0.29, 0.717) is 30.4 Å². The molecule has 0 aliphatic carbocycles. The molecule has 0 atom stereocenters. The number of nitro benzene ring substituents is 1. The van der Waals surface area contributed by atoms with Gasteiger partial charge in [0.25, 0.3) is 5.69 Å². The highest BCUT2D eigenvalue weighted by Crippen LogP contribution is 2.26. The molecule has 0 saturated heterocycles. The van der Waals surface area contributed by atoms with Crippen LogP contribution in [0.15, 0.2) is 29.4 Å². The van der Waals surface area contributed by atoms with E-state index in [9.17, 15) is 14.9 Å². The van der Waals surface area contributed by atoms with E-state index < -0.39 is 4.92 Å². The number of nitrogens with zero attached hydrogens (tertiary/aromatic N) is 3. The van der Waals surface area contributed by atoms with Crippen LogP contribution < -0.4 is 22.1 Å². The van der Waals surface area contributed by atoms with Gasteiger partial charge in [0, 0.05) is 31.3 Å². The van der Waals surface area contributed by atoms with E-state index in [2.05, 4.69) is 20.6 Å². The molecular weight excluding hydrogens is 394 g/mol. The summed E-state index contributed by atoms with van der Waals surface area (Å²) in [7, 11) is 0. The quantitative estimate of drug-likeness (QED) is 0.159. The first-order chi connectivity index (χ1) is 12.8. The van der Waals surface area contributed by atoms with Gasteiger partial charge in [-0.1, -0.05) is 23.4 Å². The summed E-state index contributed by atoms with van der Waals surface area (Å²) in [4.78, 5) is 29.9. The fraction of sp³-hybridized carbons (Fsp3) is 0.267. The third-order valence-electron chi connectivity index (χ3n) is 3.23. The Hall–Kier alpha value is -2.79. The topological polar surface area (TPSA) is 162 Å². The summed E-state index contributed by atoms with van der Waals surface area (Å²) in [5.41, 5.74) is 11.7. The van der Waals surface area contributed by atoms with Crippen molar-refractivity contribution in [2.75, 3.05) is 35.6 Å². The highest BCUT2D eigenvalue weighted by Gasteiger charge is 2.09. The molecule has 1 amide bonds. The van der Waals surface area contributed by atoms with Gasteiger partial charge in [0.05, 0.1) is 21.4 Å². The van der Waals surface area contributed by atoms with E-state index >= 15 is 0 Å². The second kappa shape index (κ2) is 9.78. The van der Waals surface area contributed by atoms with Gasteiger partial charge in [0.2, 0.25) is 5.91 Å². The van der Waals surface area contributed by atoms with Crippen molar-refractivity contribution < 1.29 is 9.72 Å². The molecule has 12 heteroatoms. The predicted octanol–water partition coefficient (Wildman–Crippen LogP) is 1.91. The number of rotatable bonds is 9. The van der Waals surface area contributed by atoms with E-state index in [1.165, 1.54) is 18.2 Å². The number of anilines is 3. The Kier molecular flexibility index (Phi) is 7.44. The normalized spacial score (nSPS) is 10.4. The van der Waals surface area contributed by atoms with Crippen LogP contribution in [0.25, 0.3) is 0 Å². The summed E-state index contributed by atoms with van der Waals surface area (Å²) in [6.45, 7) is 0.997. The Labute approximate surface area is 164 Å².